The Hall–Kier alpha value is -1.43. The summed E-state index contributed by atoms with van der Waals surface area (Å²) in [6.45, 7) is 1.58. The van der Waals surface area contributed by atoms with E-state index in [2.05, 4.69) is 9.97 Å². The van der Waals surface area contributed by atoms with Crippen LogP contribution in [0.3, 0.4) is 0 Å². The van der Waals surface area contributed by atoms with E-state index in [1.165, 1.54) is 0 Å². The van der Waals surface area contributed by atoms with Crippen molar-refractivity contribution in [1.29, 1.82) is 0 Å². The van der Waals surface area contributed by atoms with E-state index >= 15 is 0 Å². The summed E-state index contributed by atoms with van der Waals surface area (Å²) in [6.07, 6.45) is -0.0813. The first-order chi connectivity index (χ1) is 6.00. The average Bonchev–Trinajstić information content (AvgIpc) is 2.30. The lowest BCUT2D eigenvalue weighted by Crippen LogP contribution is -2.32. The van der Waals surface area contributed by atoms with Gasteiger partial charge in [0.15, 0.2) is 0 Å². The van der Waals surface area contributed by atoms with Crippen LogP contribution in [0.5, 0.6) is 0 Å². The van der Waals surface area contributed by atoms with Crippen LogP contribution in [0.1, 0.15) is 11.5 Å². The predicted molar refractivity (Wildman–Crippen MR) is 42.6 cm³/mol. The average molecular weight is 187 g/mol. The van der Waals surface area contributed by atoms with E-state index in [0.29, 0.717) is 5.82 Å². The van der Waals surface area contributed by atoms with Gasteiger partial charge in [-0.1, -0.05) is 0 Å². The number of hydrogen-bond donors (Lipinski definition) is 3. The van der Waals surface area contributed by atoms with Crippen LogP contribution in [0, 0.1) is 12.9 Å². The van der Waals surface area contributed by atoms with Crippen LogP contribution < -0.4 is 5.73 Å². The number of H-pyrrole nitrogens is 1. The fraction of sp³-hybridized carbons (Fsp3) is 0.429. The van der Waals surface area contributed by atoms with Gasteiger partial charge >= 0.3 is 5.97 Å². The first-order valence-corrected chi connectivity index (χ1v) is 3.70. The number of halogens is 1. The Morgan fingerprint density at radius 1 is 1.85 bits per heavy atom. The van der Waals surface area contributed by atoms with Crippen LogP contribution in [0.15, 0.2) is 0 Å². The summed E-state index contributed by atoms with van der Waals surface area (Å²) in [5, 5.41) is 8.46. The zero-order chi connectivity index (χ0) is 10.0. The largest absolute Gasteiger partial charge is 0.480 e. The topological polar surface area (TPSA) is 92.0 Å². The fourth-order valence-corrected chi connectivity index (χ4v) is 0.955. The summed E-state index contributed by atoms with van der Waals surface area (Å²) in [7, 11) is 0. The summed E-state index contributed by atoms with van der Waals surface area (Å²) < 4.78 is 12.8. The van der Waals surface area contributed by atoms with Gasteiger partial charge in [-0.2, -0.15) is 4.39 Å². The van der Waals surface area contributed by atoms with Gasteiger partial charge in [-0.3, -0.25) is 4.79 Å². The Morgan fingerprint density at radius 2 is 2.46 bits per heavy atom. The van der Waals surface area contributed by atoms with E-state index in [-0.39, 0.29) is 12.1 Å². The Morgan fingerprint density at radius 3 is 2.85 bits per heavy atom. The molecule has 1 unspecified atom stereocenters. The highest BCUT2D eigenvalue weighted by molar-refractivity contribution is 5.73. The summed E-state index contributed by atoms with van der Waals surface area (Å²) in [5.74, 6) is -1.44. The van der Waals surface area contributed by atoms with Crippen LogP contribution in [-0.4, -0.2) is 27.1 Å². The quantitative estimate of drug-likeness (QED) is 0.611. The highest BCUT2D eigenvalue weighted by Crippen LogP contribution is 2.05. The molecule has 0 aliphatic carbocycles. The number of hydrogen-bond acceptors (Lipinski definition) is 3. The van der Waals surface area contributed by atoms with Crippen LogP contribution in [-0.2, 0) is 11.2 Å². The summed E-state index contributed by atoms with van der Waals surface area (Å²) in [4.78, 5) is 16.4. The molecule has 1 atom stereocenters. The third-order valence-corrected chi connectivity index (χ3v) is 1.59. The van der Waals surface area contributed by atoms with E-state index in [1.807, 2.05) is 0 Å². The van der Waals surface area contributed by atoms with Crippen LogP contribution >= 0.6 is 0 Å². The Bertz CT molecular complexity index is 324. The standard InChI is InChI=1S/C7H10FN3O2/c1-3-10-5(6(8)11-3)2-4(9)7(12)13/h4H,2,9H2,1H3,(H,10,11)(H,12,13). The van der Waals surface area contributed by atoms with Crippen molar-refractivity contribution >= 4 is 5.97 Å². The van der Waals surface area contributed by atoms with Crippen molar-refractivity contribution in [2.75, 3.05) is 0 Å². The number of nitrogens with one attached hydrogen (secondary N) is 1. The number of rotatable bonds is 3. The molecule has 0 bridgehead atoms. The monoisotopic (exact) mass is 187 g/mol. The molecule has 6 heteroatoms. The molecule has 72 valence electrons. The van der Waals surface area contributed by atoms with Gasteiger partial charge in [-0.15, -0.1) is 0 Å². The van der Waals surface area contributed by atoms with Crippen molar-refractivity contribution < 1.29 is 14.3 Å². The van der Waals surface area contributed by atoms with Gasteiger partial charge in [0.05, 0.1) is 5.69 Å². The molecule has 1 rings (SSSR count). The first-order valence-electron chi connectivity index (χ1n) is 3.70. The zero-order valence-electron chi connectivity index (χ0n) is 7.04. The van der Waals surface area contributed by atoms with Gasteiger partial charge in [0.1, 0.15) is 11.9 Å². The molecule has 0 saturated heterocycles. The predicted octanol–water partition coefficient (Wildman–Crippen LogP) is -0.188. The van der Waals surface area contributed by atoms with Crippen molar-refractivity contribution in [3.8, 4) is 0 Å². The zero-order valence-corrected chi connectivity index (χ0v) is 7.04. The van der Waals surface area contributed by atoms with Crippen LogP contribution in [0.2, 0.25) is 0 Å². The minimum atomic E-state index is -1.16. The number of aromatic amines is 1. The van der Waals surface area contributed by atoms with Gasteiger partial charge in [-0.25, -0.2) is 4.98 Å². The fourth-order valence-electron chi connectivity index (χ4n) is 0.955. The van der Waals surface area contributed by atoms with Crippen molar-refractivity contribution in [3.63, 3.8) is 0 Å². The van der Waals surface area contributed by atoms with Crippen molar-refractivity contribution in [2.45, 2.75) is 19.4 Å². The first kappa shape index (κ1) is 9.66. The van der Waals surface area contributed by atoms with E-state index in [9.17, 15) is 9.18 Å². The molecule has 0 spiro atoms. The molecule has 0 radical (unpaired) electrons. The Balaban J connectivity index is 2.74. The lowest BCUT2D eigenvalue weighted by molar-refractivity contribution is -0.138. The lowest BCUT2D eigenvalue weighted by atomic mass is 10.2. The molecular formula is C7H10FN3O2. The smallest absolute Gasteiger partial charge is 0.320 e. The molecule has 0 aromatic carbocycles. The van der Waals surface area contributed by atoms with E-state index in [4.69, 9.17) is 10.8 Å². The number of carboxylic acids is 1. The van der Waals surface area contributed by atoms with Gasteiger partial charge in [0.2, 0.25) is 5.95 Å². The molecule has 5 nitrogen and oxygen atoms in total. The van der Waals surface area contributed by atoms with Gasteiger partial charge in [0, 0.05) is 6.42 Å². The number of carbonyl (C=O) groups is 1. The normalized spacial score (nSPS) is 12.8. The number of nitrogens with zero attached hydrogens (tertiary/aromatic N) is 1. The van der Waals surface area contributed by atoms with Crippen LogP contribution in [0.25, 0.3) is 0 Å². The second-order valence-corrected chi connectivity index (χ2v) is 2.74. The van der Waals surface area contributed by atoms with Gasteiger partial charge in [-0.05, 0) is 6.92 Å². The number of nitrogens with two attached hydrogens (primary N) is 1. The second kappa shape index (κ2) is 3.53. The third-order valence-electron chi connectivity index (χ3n) is 1.59. The molecule has 13 heavy (non-hydrogen) atoms. The lowest BCUT2D eigenvalue weighted by Gasteiger charge is -2.02. The van der Waals surface area contributed by atoms with E-state index in [1.54, 1.807) is 6.92 Å². The molecule has 0 saturated carbocycles. The molecule has 0 aliphatic heterocycles. The molecule has 0 amide bonds. The van der Waals surface area contributed by atoms with Crippen LogP contribution in [0.4, 0.5) is 4.39 Å². The molecule has 0 aliphatic rings. The molecule has 1 aromatic rings. The highest BCUT2D eigenvalue weighted by atomic mass is 19.1. The minimum Gasteiger partial charge on any atom is -0.480 e. The number of carboxylic acid groups (broad SMARTS) is 1. The maximum atomic E-state index is 12.8. The maximum absolute atomic E-state index is 12.8. The highest BCUT2D eigenvalue weighted by Gasteiger charge is 2.16. The summed E-state index contributed by atoms with van der Waals surface area (Å²) in [6, 6.07) is -1.10. The SMILES string of the molecule is Cc1nc(F)c(CC(N)C(=O)O)[nH]1. The Labute approximate surface area is 73.8 Å². The van der Waals surface area contributed by atoms with Crippen molar-refractivity contribution in [1.82, 2.24) is 9.97 Å². The molecule has 1 aromatic heterocycles. The van der Waals surface area contributed by atoms with Crippen molar-refractivity contribution in [2.24, 2.45) is 5.73 Å². The van der Waals surface area contributed by atoms with Crippen molar-refractivity contribution in [3.05, 3.63) is 17.5 Å². The van der Waals surface area contributed by atoms with E-state index < -0.39 is 18.0 Å². The third kappa shape index (κ3) is 2.25. The Kier molecular flexibility index (Phi) is 2.62. The maximum Gasteiger partial charge on any atom is 0.320 e. The second-order valence-electron chi connectivity index (χ2n) is 2.74. The van der Waals surface area contributed by atoms with E-state index in [0.717, 1.165) is 0 Å². The molecular weight excluding hydrogens is 177 g/mol. The molecule has 1 heterocycles. The summed E-state index contributed by atoms with van der Waals surface area (Å²) in [5.41, 5.74) is 5.34. The summed E-state index contributed by atoms with van der Waals surface area (Å²) >= 11 is 0. The minimum absolute atomic E-state index is 0.0813. The number of aromatic nitrogens is 2. The van der Waals surface area contributed by atoms with Gasteiger partial charge < -0.3 is 15.8 Å². The van der Waals surface area contributed by atoms with Gasteiger partial charge in [0.25, 0.3) is 0 Å². The number of aryl methyl sites for hydroxylation is 1. The number of aliphatic carboxylic acids is 1. The molecule has 4 N–H and O–H groups in total. The molecule has 0 fully saturated rings. The number of imidazole rings is 1.